The fraction of sp³-hybridized carbons (Fsp3) is 0.203. The summed E-state index contributed by atoms with van der Waals surface area (Å²) in [4.78, 5) is 22.3. The highest BCUT2D eigenvalue weighted by Gasteiger charge is 2.16. The molecular weight excluding hydrogens is 1180 g/mol. The van der Waals surface area contributed by atoms with Crippen LogP contribution in [-0.2, 0) is 17.6 Å². The Bertz CT molecular complexity index is 4860. The van der Waals surface area contributed by atoms with Crippen LogP contribution in [0.1, 0.15) is 78.9 Å². The number of benzene rings is 9. The van der Waals surface area contributed by atoms with E-state index in [9.17, 15) is 4.79 Å². The van der Waals surface area contributed by atoms with Crippen molar-refractivity contribution >= 4 is 82.8 Å². The van der Waals surface area contributed by atoms with Crippen LogP contribution >= 0.6 is 0 Å². The van der Waals surface area contributed by atoms with Crippen LogP contribution in [0.3, 0.4) is 0 Å². The topological polar surface area (TPSA) is 216 Å². The Labute approximate surface area is 554 Å². The summed E-state index contributed by atoms with van der Waals surface area (Å²) < 4.78 is 10.3. The van der Waals surface area contributed by atoms with E-state index in [-0.39, 0.29) is 5.91 Å². The van der Waals surface area contributed by atoms with Crippen molar-refractivity contribution < 1.29 is 14.3 Å². The maximum atomic E-state index is 10.9. The van der Waals surface area contributed by atoms with E-state index in [1.807, 2.05) is 112 Å². The lowest BCUT2D eigenvalue weighted by Gasteiger charge is -2.17. The standard InChI is InChI=1S/C10H13N.C10H9N.2C9H10N2.C9H9NO.3C8H8N2.C8H8O2/c2*1-8-4-5-10-9(7-8)3-2-6-11-10;1-6-3-7(2)9-8(4-6)5-10-11-9;1-6-3-4-9-8(5-6)7(2)10-11-9;1-6-2-3-8-7(4-6)5-9(11)10-8;1-6-2-3-8-7(4-6)5-9-10-8;1-6-2-3-7-8(4-6)10-5-9-7;1-6-2-3-7-5-9-10-8(7)4-6;1-6-2-3-7-8(4-6)10-5-9-7/h4-5,7,11H,2-3,6H2,1H3;2-7H,1H3;2*3-5H,1-2H3,(H,10,11);2-4H,5H2,1H3,(H,10,11);3*2-5H,1H3,(H,9,10);2-4H,5H2,1H3. The number of fused-ring (bicyclic) bond motifs is 9. The molecule has 15 aromatic rings. The molecule has 0 radical (unpaired) electrons. The second-order valence-corrected chi connectivity index (χ2v) is 24.3. The molecule has 0 spiro atoms. The zero-order valence-electron chi connectivity index (χ0n) is 56.0. The van der Waals surface area contributed by atoms with Gasteiger partial charge < -0.3 is 25.1 Å². The SMILES string of the molecule is Cc1cc(C)c2[nH]ncc2c1.Cc1ccc2[nH]ncc2c1.Cc1ccc2c(c1)CC(=O)N2.Cc1ccc2c(c1)CCCN2.Cc1ccc2c(c1)OCO2.Cc1ccc2cn[nH]c2c1.Cc1ccc2n[nH]c(C)c2c1.Cc1ccc2nc[nH]c2c1.Cc1ccc2ncccc2c1. The fourth-order valence-corrected chi connectivity index (χ4v) is 11.0. The van der Waals surface area contributed by atoms with Crippen molar-refractivity contribution in [2.45, 2.75) is 95.4 Å². The predicted molar refractivity (Wildman–Crippen MR) is 389 cm³/mol. The van der Waals surface area contributed by atoms with Crippen LogP contribution in [0.2, 0.25) is 0 Å². The number of amides is 1. The minimum Gasteiger partial charge on any atom is -0.454 e. The van der Waals surface area contributed by atoms with E-state index in [0.717, 1.165) is 73.6 Å². The Morgan fingerprint density at radius 2 is 1.02 bits per heavy atom. The van der Waals surface area contributed by atoms with Crippen LogP contribution in [0, 0.1) is 76.2 Å². The lowest BCUT2D eigenvalue weighted by Crippen LogP contribution is -2.11. The summed E-state index contributed by atoms with van der Waals surface area (Å²) >= 11 is 0. The van der Waals surface area contributed by atoms with Crippen molar-refractivity contribution in [2.75, 3.05) is 24.0 Å². The van der Waals surface area contributed by atoms with Gasteiger partial charge in [0, 0.05) is 56.7 Å². The van der Waals surface area contributed by atoms with Crippen LogP contribution in [-0.4, -0.2) is 75.0 Å². The van der Waals surface area contributed by atoms with Crippen LogP contribution in [0.15, 0.2) is 201 Å². The first-order valence-corrected chi connectivity index (χ1v) is 31.9. The van der Waals surface area contributed by atoms with Crippen LogP contribution < -0.4 is 20.1 Å². The van der Waals surface area contributed by atoms with Crippen LogP contribution in [0.4, 0.5) is 11.4 Å². The molecule has 482 valence electrons. The van der Waals surface area contributed by atoms with E-state index in [2.05, 4.69) is 225 Å². The summed E-state index contributed by atoms with van der Waals surface area (Å²) in [5.74, 6) is 1.82. The second kappa shape index (κ2) is 31.8. The van der Waals surface area contributed by atoms with E-state index >= 15 is 0 Å². The third-order valence-corrected chi connectivity index (χ3v) is 15.9. The Morgan fingerprint density at radius 3 is 1.82 bits per heavy atom. The summed E-state index contributed by atoms with van der Waals surface area (Å²) in [7, 11) is 0. The molecule has 0 fully saturated rings. The van der Waals surface area contributed by atoms with Gasteiger partial charge in [-0.1, -0.05) is 112 Å². The molecule has 16 heteroatoms. The van der Waals surface area contributed by atoms with Gasteiger partial charge in [-0.2, -0.15) is 20.4 Å². The molecule has 1 amide bonds. The molecule has 9 heterocycles. The van der Waals surface area contributed by atoms with E-state index in [1.165, 1.54) is 107 Å². The molecule has 3 aliphatic rings. The van der Waals surface area contributed by atoms with Gasteiger partial charge in [-0.25, -0.2) is 4.98 Å². The number of nitrogens with one attached hydrogen (secondary N) is 7. The summed E-state index contributed by atoms with van der Waals surface area (Å²) in [6.45, 7) is 24.3. The first-order chi connectivity index (χ1) is 46.0. The van der Waals surface area contributed by atoms with Gasteiger partial charge in [0.2, 0.25) is 12.7 Å². The monoisotopic (exact) mass is 1260 g/mol. The van der Waals surface area contributed by atoms with Gasteiger partial charge in [-0.3, -0.25) is 30.2 Å². The molecule has 0 aliphatic carbocycles. The zero-order valence-corrected chi connectivity index (χ0v) is 56.0. The van der Waals surface area contributed by atoms with Gasteiger partial charge in [0.25, 0.3) is 0 Å². The summed E-state index contributed by atoms with van der Waals surface area (Å²) in [6.07, 6.45) is 12.1. The number of imidazole rings is 1. The highest BCUT2D eigenvalue weighted by Crippen LogP contribution is 2.32. The molecule has 0 atom stereocenters. The van der Waals surface area contributed by atoms with E-state index in [0.29, 0.717) is 13.2 Å². The number of aryl methyl sites for hydroxylation is 12. The first kappa shape index (κ1) is 66.5. The van der Waals surface area contributed by atoms with Gasteiger partial charge in [0.05, 0.1) is 70.0 Å². The van der Waals surface area contributed by atoms with Crippen molar-refractivity contribution in [1.29, 1.82) is 0 Å². The minimum absolute atomic E-state index is 0.102. The molecule has 0 bridgehead atoms. The van der Waals surface area contributed by atoms with Crippen LogP contribution in [0.5, 0.6) is 11.5 Å². The number of hydrogen-bond donors (Lipinski definition) is 7. The summed E-state index contributed by atoms with van der Waals surface area (Å²) in [5, 5.41) is 39.8. The molecule has 0 saturated heterocycles. The predicted octanol–water partition coefficient (Wildman–Crippen LogP) is 18.1. The molecule has 3 aliphatic heterocycles. The third kappa shape index (κ3) is 18.7. The van der Waals surface area contributed by atoms with Crippen molar-refractivity contribution in [1.82, 2.24) is 55.7 Å². The normalized spacial score (nSPS) is 11.9. The van der Waals surface area contributed by atoms with Gasteiger partial charge in [0.15, 0.2) is 11.5 Å². The summed E-state index contributed by atoms with van der Waals surface area (Å²) in [6, 6.07) is 58.0. The number of ether oxygens (including phenoxy) is 2. The number of nitrogens with zero attached hydrogens (tertiary/aromatic N) is 6. The largest absolute Gasteiger partial charge is 0.454 e. The van der Waals surface area contributed by atoms with E-state index in [4.69, 9.17) is 9.47 Å². The van der Waals surface area contributed by atoms with E-state index in [1.54, 1.807) is 6.33 Å². The molecule has 6 aromatic heterocycles. The maximum Gasteiger partial charge on any atom is 0.231 e. The molecule has 9 aromatic carbocycles. The average molecular weight is 1260 g/mol. The Hall–Kier alpha value is -11.4. The maximum absolute atomic E-state index is 10.9. The van der Waals surface area contributed by atoms with Crippen molar-refractivity contribution in [2.24, 2.45) is 0 Å². The van der Waals surface area contributed by atoms with Crippen LogP contribution in [0.25, 0.3) is 65.5 Å². The second-order valence-electron chi connectivity index (χ2n) is 24.3. The molecule has 18 rings (SSSR count). The lowest BCUT2D eigenvalue weighted by atomic mass is 10.0. The average Bonchev–Trinajstić information content (AvgIpc) is 2.28. The number of carbonyl (C=O) groups excluding carboxylic acids is 1. The fourth-order valence-electron chi connectivity index (χ4n) is 11.0. The molecule has 0 unspecified atom stereocenters. The molecule has 0 saturated carbocycles. The smallest absolute Gasteiger partial charge is 0.231 e. The highest BCUT2D eigenvalue weighted by atomic mass is 16.7. The Kier molecular flexibility index (Phi) is 22.2. The van der Waals surface area contributed by atoms with Crippen molar-refractivity contribution in [3.8, 4) is 11.5 Å². The third-order valence-electron chi connectivity index (χ3n) is 15.9. The van der Waals surface area contributed by atoms with Gasteiger partial charge in [-0.15, -0.1) is 0 Å². The number of carbonyl (C=O) groups is 1. The number of pyridine rings is 1. The van der Waals surface area contributed by atoms with Crippen molar-refractivity contribution in [3.05, 3.63) is 273 Å². The highest BCUT2D eigenvalue weighted by molar-refractivity contribution is 5.99. The molecule has 95 heavy (non-hydrogen) atoms. The molecule has 7 N–H and O–H groups in total. The number of aromatic nitrogens is 11. The number of H-pyrrole nitrogens is 5. The van der Waals surface area contributed by atoms with Crippen molar-refractivity contribution in [3.63, 3.8) is 0 Å². The number of anilines is 2. The molecular formula is C79H83N13O3. The lowest BCUT2D eigenvalue weighted by molar-refractivity contribution is -0.115. The zero-order chi connectivity index (χ0) is 66.8. The number of aromatic amines is 5. The van der Waals surface area contributed by atoms with Gasteiger partial charge >= 0.3 is 0 Å². The minimum atomic E-state index is 0.102. The Morgan fingerprint density at radius 1 is 0.432 bits per heavy atom. The van der Waals surface area contributed by atoms with E-state index < -0.39 is 0 Å². The molecule has 16 nitrogen and oxygen atoms in total. The number of rotatable bonds is 0. The Balaban J connectivity index is 0.000000116. The number of hydrogen-bond acceptors (Lipinski definition) is 10. The first-order valence-electron chi connectivity index (χ1n) is 31.9. The van der Waals surface area contributed by atoms with Gasteiger partial charge in [-0.05, 0) is 213 Å². The quantitative estimate of drug-likeness (QED) is 0.0762. The van der Waals surface area contributed by atoms with Gasteiger partial charge in [0.1, 0.15) is 0 Å². The summed E-state index contributed by atoms with van der Waals surface area (Å²) in [5.41, 5.74) is 26.4.